The second-order valence-electron chi connectivity index (χ2n) is 11.9. The van der Waals surface area contributed by atoms with Gasteiger partial charge in [0.2, 0.25) is 0 Å². The number of ether oxygens (including phenoxy) is 2. The molecular weight excluding hydrogens is 610 g/mol. The normalized spacial score (nSPS) is 18.2. The van der Waals surface area contributed by atoms with Gasteiger partial charge in [0.15, 0.2) is 11.6 Å². The first kappa shape index (κ1) is 33.4. The van der Waals surface area contributed by atoms with E-state index in [2.05, 4.69) is 14.8 Å². The van der Waals surface area contributed by atoms with E-state index in [0.29, 0.717) is 92.7 Å². The summed E-state index contributed by atoms with van der Waals surface area (Å²) in [6, 6.07) is 6.95. The van der Waals surface area contributed by atoms with Crippen molar-refractivity contribution in [1.29, 1.82) is 0 Å². The molecule has 45 heavy (non-hydrogen) atoms. The summed E-state index contributed by atoms with van der Waals surface area (Å²) < 4.78 is 68.6. The molecule has 12 heteroatoms. The molecule has 0 aliphatic carbocycles. The summed E-state index contributed by atoms with van der Waals surface area (Å²) in [6.07, 6.45) is 2.08. The third-order valence-corrected chi connectivity index (χ3v) is 10.0. The van der Waals surface area contributed by atoms with Crippen LogP contribution in [0.5, 0.6) is 5.75 Å². The van der Waals surface area contributed by atoms with Crippen molar-refractivity contribution in [3.8, 4) is 5.75 Å². The second kappa shape index (κ2) is 15.1. The average Bonchev–Trinajstić information content (AvgIpc) is 3.03. The van der Waals surface area contributed by atoms with Crippen LogP contribution in [0.3, 0.4) is 0 Å². The zero-order valence-electron chi connectivity index (χ0n) is 25.4. The number of rotatable bonds is 13. The van der Waals surface area contributed by atoms with Gasteiger partial charge in [-0.2, -0.15) is 0 Å². The number of carbonyl (C=O) groups is 1. The number of hydrogen-bond donors (Lipinski definition) is 1. The molecule has 0 saturated carbocycles. The van der Waals surface area contributed by atoms with E-state index in [-0.39, 0.29) is 17.7 Å². The number of piperidine rings is 1. The van der Waals surface area contributed by atoms with Crippen LogP contribution in [0.4, 0.5) is 17.6 Å². The van der Waals surface area contributed by atoms with Crippen molar-refractivity contribution >= 4 is 28.6 Å². The smallest absolute Gasteiger partial charge is 0.303 e. The molecule has 1 atom stereocenters. The lowest BCUT2D eigenvalue weighted by Gasteiger charge is -2.41. The van der Waals surface area contributed by atoms with E-state index >= 15 is 4.39 Å². The summed E-state index contributed by atoms with van der Waals surface area (Å²) >= 11 is 1.04. The molecule has 0 bridgehead atoms. The van der Waals surface area contributed by atoms with Crippen LogP contribution in [0, 0.1) is 22.9 Å². The molecular formula is C33H39F4N3O4S. The number of carboxylic acid groups (broad SMARTS) is 1. The molecule has 0 radical (unpaired) electrons. The number of likely N-dealkylation sites (tertiary alicyclic amines) is 1. The Morgan fingerprint density at radius 2 is 1.87 bits per heavy atom. The Balaban J connectivity index is 1.27. The van der Waals surface area contributed by atoms with Crippen LogP contribution in [0.25, 0.3) is 10.9 Å². The Kier molecular flexibility index (Phi) is 11.2. The quantitative estimate of drug-likeness (QED) is 0.126. The van der Waals surface area contributed by atoms with Crippen LogP contribution in [-0.2, 0) is 16.1 Å². The van der Waals surface area contributed by atoms with Crippen LogP contribution in [0.1, 0.15) is 49.4 Å². The van der Waals surface area contributed by atoms with Crippen LogP contribution in [0.2, 0.25) is 0 Å². The molecule has 7 nitrogen and oxygen atoms in total. The first-order valence-corrected chi connectivity index (χ1v) is 16.3. The van der Waals surface area contributed by atoms with Crippen molar-refractivity contribution in [3.63, 3.8) is 0 Å². The number of nitrogens with zero attached hydrogens (tertiary/aromatic N) is 3. The number of methoxy groups -OCH3 is 1. The maximum absolute atomic E-state index is 16.5. The van der Waals surface area contributed by atoms with Crippen molar-refractivity contribution in [2.45, 2.75) is 49.7 Å². The van der Waals surface area contributed by atoms with E-state index in [1.165, 1.54) is 0 Å². The van der Waals surface area contributed by atoms with Gasteiger partial charge < -0.3 is 19.5 Å². The maximum atomic E-state index is 16.5. The highest BCUT2D eigenvalue weighted by atomic mass is 32.2. The lowest BCUT2D eigenvalue weighted by molar-refractivity contribution is -0.141. The van der Waals surface area contributed by atoms with Crippen LogP contribution in [-0.4, -0.2) is 84.7 Å². The molecule has 2 aromatic carbocycles. The van der Waals surface area contributed by atoms with Gasteiger partial charge in [0, 0.05) is 60.0 Å². The highest BCUT2D eigenvalue weighted by Crippen LogP contribution is 2.43. The Hall–Kier alpha value is -2.93. The molecule has 2 aliphatic rings. The number of morpholine rings is 1. The van der Waals surface area contributed by atoms with Gasteiger partial charge in [-0.1, -0.05) is 0 Å². The molecule has 2 saturated heterocycles. The topological polar surface area (TPSA) is 75.1 Å². The van der Waals surface area contributed by atoms with Crippen molar-refractivity contribution in [2.75, 3.05) is 58.8 Å². The summed E-state index contributed by atoms with van der Waals surface area (Å²) in [5.74, 6) is -2.99. The number of halogens is 4. The van der Waals surface area contributed by atoms with Crippen LogP contribution in [0.15, 0.2) is 41.4 Å². The third-order valence-electron chi connectivity index (χ3n) is 9.01. The molecule has 5 rings (SSSR count). The zero-order chi connectivity index (χ0) is 32.0. The first-order valence-electron chi connectivity index (χ1n) is 15.3. The highest BCUT2D eigenvalue weighted by Gasteiger charge is 2.37. The SMILES string of the molecule is COc1ccc2ncc(CN3CCOCC3)c(C(F)CCC3(CC(=O)O)CCN(CCSc4cc(F)cc(F)c4F)CC3)c2c1. The van der Waals surface area contributed by atoms with Crippen LogP contribution < -0.4 is 4.74 Å². The van der Waals surface area contributed by atoms with Gasteiger partial charge in [0.25, 0.3) is 0 Å². The number of fused-ring (bicyclic) bond motifs is 1. The van der Waals surface area contributed by atoms with E-state index < -0.39 is 35.0 Å². The fourth-order valence-corrected chi connectivity index (χ4v) is 7.43. The Labute approximate surface area is 264 Å². The minimum atomic E-state index is -1.33. The lowest BCUT2D eigenvalue weighted by atomic mass is 9.71. The molecule has 3 aromatic rings. The van der Waals surface area contributed by atoms with E-state index in [9.17, 15) is 23.1 Å². The standard InChI is InChI=1S/C33H39F4N3O4S/c1-43-24-2-3-28-25(18-24)31(22(20-38-28)21-40-10-13-44-14-11-40)26(35)4-5-33(19-30(41)42)6-8-39(9-7-33)12-15-45-29-17-23(34)16-27(36)32(29)37/h2-3,16-18,20,26H,4-15,19,21H2,1H3,(H,41,42). The molecule has 2 aliphatic heterocycles. The summed E-state index contributed by atoms with van der Waals surface area (Å²) in [7, 11) is 1.57. The minimum Gasteiger partial charge on any atom is -0.497 e. The second-order valence-corrected chi connectivity index (χ2v) is 13.1. The molecule has 1 aromatic heterocycles. The van der Waals surface area contributed by atoms with Gasteiger partial charge in [0.05, 0.1) is 32.3 Å². The number of pyridine rings is 1. The fourth-order valence-electron chi connectivity index (χ4n) is 6.44. The molecule has 0 spiro atoms. The summed E-state index contributed by atoms with van der Waals surface area (Å²) in [5.41, 5.74) is 1.49. The van der Waals surface area contributed by atoms with E-state index in [1.807, 2.05) is 12.1 Å². The summed E-state index contributed by atoms with van der Waals surface area (Å²) in [4.78, 5) is 20.9. The molecule has 3 heterocycles. The van der Waals surface area contributed by atoms with Crippen LogP contribution >= 0.6 is 11.8 Å². The minimum absolute atomic E-state index is 0.0539. The van der Waals surface area contributed by atoms with Gasteiger partial charge in [-0.25, -0.2) is 17.6 Å². The van der Waals surface area contributed by atoms with Gasteiger partial charge in [-0.3, -0.25) is 14.7 Å². The van der Waals surface area contributed by atoms with E-state index in [1.54, 1.807) is 19.4 Å². The van der Waals surface area contributed by atoms with Crippen molar-refractivity contribution in [2.24, 2.45) is 5.41 Å². The predicted octanol–water partition coefficient (Wildman–Crippen LogP) is 6.63. The maximum Gasteiger partial charge on any atom is 0.303 e. The molecule has 1 N–H and O–H groups in total. The molecule has 2 fully saturated rings. The predicted molar refractivity (Wildman–Crippen MR) is 165 cm³/mol. The number of carboxylic acids is 1. The number of alkyl halides is 1. The van der Waals surface area contributed by atoms with Crippen molar-refractivity contribution in [1.82, 2.24) is 14.8 Å². The summed E-state index contributed by atoms with van der Waals surface area (Å²) in [6.45, 7) is 5.03. The number of aliphatic carboxylic acids is 1. The summed E-state index contributed by atoms with van der Waals surface area (Å²) in [5, 5.41) is 10.5. The molecule has 244 valence electrons. The lowest BCUT2D eigenvalue weighted by Crippen LogP contribution is -2.42. The van der Waals surface area contributed by atoms with Crippen molar-refractivity contribution in [3.05, 3.63) is 65.1 Å². The number of hydrogen-bond acceptors (Lipinski definition) is 7. The number of aromatic nitrogens is 1. The molecule has 0 amide bonds. The Morgan fingerprint density at radius 1 is 1.11 bits per heavy atom. The fraction of sp³-hybridized carbons (Fsp3) is 0.515. The Morgan fingerprint density at radius 3 is 2.58 bits per heavy atom. The number of benzene rings is 2. The first-order chi connectivity index (χ1) is 21.7. The Bertz CT molecular complexity index is 1480. The van der Waals surface area contributed by atoms with Crippen molar-refractivity contribution < 1.29 is 36.9 Å². The zero-order valence-corrected chi connectivity index (χ0v) is 26.2. The monoisotopic (exact) mass is 649 g/mol. The highest BCUT2D eigenvalue weighted by molar-refractivity contribution is 7.99. The van der Waals surface area contributed by atoms with E-state index in [0.717, 1.165) is 36.5 Å². The van der Waals surface area contributed by atoms with Gasteiger partial charge in [-0.15, -0.1) is 11.8 Å². The average molecular weight is 650 g/mol. The van der Waals surface area contributed by atoms with Gasteiger partial charge in [-0.05, 0) is 74.0 Å². The van der Waals surface area contributed by atoms with E-state index in [4.69, 9.17) is 9.47 Å². The largest absolute Gasteiger partial charge is 0.497 e. The number of thioether (sulfide) groups is 1. The molecule has 1 unspecified atom stereocenters. The van der Waals surface area contributed by atoms with Gasteiger partial charge in [0.1, 0.15) is 17.7 Å². The third kappa shape index (κ3) is 8.46. The van der Waals surface area contributed by atoms with Gasteiger partial charge >= 0.3 is 5.97 Å².